The van der Waals surface area contributed by atoms with Gasteiger partial charge in [0.2, 0.25) is 0 Å². The van der Waals surface area contributed by atoms with E-state index in [0.717, 1.165) is 5.52 Å². The van der Waals surface area contributed by atoms with E-state index in [1.807, 2.05) is 84.9 Å². The Hall–Kier alpha value is -4.00. The van der Waals surface area contributed by atoms with Crippen molar-refractivity contribution >= 4 is 23.0 Å². The minimum atomic E-state index is -1.28. The molecule has 7 nitrogen and oxygen atoms in total. The lowest BCUT2D eigenvalue weighted by Gasteiger charge is -2.28. The van der Waals surface area contributed by atoms with E-state index >= 15 is 0 Å². The highest BCUT2D eigenvalue weighted by molar-refractivity contribution is 6.09. The number of rotatable bonds is 4. The van der Waals surface area contributed by atoms with Crippen molar-refractivity contribution in [1.82, 2.24) is 25.2 Å². The van der Waals surface area contributed by atoms with Gasteiger partial charge < -0.3 is 5.32 Å². The molecule has 142 valence electrons. The second kappa shape index (κ2) is 6.56. The zero-order valence-electron chi connectivity index (χ0n) is 15.4. The first-order valence-electron chi connectivity index (χ1n) is 9.23. The Morgan fingerprint density at radius 2 is 1.38 bits per heavy atom. The highest BCUT2D eigenvalue weighted by Crippen LogP contribution is 2.36. The van der Waals surface area contributed by atoms with E-state index in [9.17, 15) is 9.59 Å². The van der Waals surface area contributed by atoms with E-state index in [1.54, 1.807) is 4.68 Å². The third-order valence-corrected chi connectivity index (χ3v) is 5.21. The van der Waals surface area contributed by atoms with E-state index in [2.05, 4.69) is 15.6 Å². The number of carbonyl (C=O) groups is 2. The molecule has 3 amide bonds. The van der Waals surface area contributed by atoms with Crippen molar-refractivity contribution in [2.45, 2.75) is 12.2 Å². The highest BCUT2D eigenvalue weighted by Gasteiger charge is 2.53. The van der Waals surface area contributed by atoms with Gasteiger partial charge in [0.05, 0.1) is 5.52 Å². The Kier molecular flexibility index (Phi) is 3.87. The summed E-state index contributed by atoms with van der Waals surface area (Å²) in [4.78, 5) is 27.8. The molecule has 5 rings (SSSR count). The van der Waals surface area contributed by atoms with Crippen LogP contribution in [-0.4, -0.2) is 31.8 Å². The minimum Gasteiger partial charge on any atom is -0.315 e. The van der Waals surface area contributed by atoms with Crippen LogP contribution in [0.1, 0.15) is 11.1 Å². The molecule has 4 aromatic rings. The maximum Gasteiger partial charge on any atom is 0.327 e. The van der Waals surface area contributed by atoms with Crippen molar-refractivity contribution in [1.29, 1.82) is 0 Å². The van der Waals surface area contributed by atoms with Gasteiger partial charge in [-0.25, -0.2) is 14.4 Å². The summed E-state index contributed by atoms with van der Waals surface area (Å²) in [6.07, 6.45) is 0. The van der Waals surface area contributed by atoms with Crippen LogP contribution in [0.5, 0.6) is 0 Å². The molecule has 0 bridgehead atoms. The summed E-state index contributed by atoms with van der Waals surface area (Å²) in [5.41, 5.74) is 1.59. The number of nitrogens with zero attached hydrogens (tertiary/aromatic N) is 4. The Balaban J connectivity index is 1.60. The zero-order chi connectivity index (χ0) is 19.8. The SMILES string of the molecule is O=C1NC(c2ccccc2)(c2ccccc2)C(=O)N1Cn1nnc2ccccc21. The Bertz CT molecular complexity index is 1160. The summed E-state index contributed by atoms with van der Waals surface area (Å²) in [7, 11) is 0. The van der Waals surface area contributed by atoms with Crippen LogP contribution in [0, 0.1) is 0 Å². The number of aromatic nitrogens is 3. The lowest BCUT2D eigenvalue weighted by molar-refractivity contribution is -0.131. The van der Waals surface area contributed by atoms with Gasteiger partial charge in [-0.05, 0) is 23.3 Å². The third-order valence-electron chi connectivity index (χ3n) is 5.21. The number of benzene rings is 3. The number of amides is 3. The van der Waals surface area contributed by atoms with E-state index < -0.39 is 11.6 Å². The molecule has 0 radical (unpaired) electrons. The highest BCUT2D eigenvalue weighted by atomic mass is 16.2. The van der Waals surface area contributed by atoms with Crippen molar-refractivity contribution in [3.05, 3.63) is 96.1 Å². The molecule has 29 heavy (non-hydrogen) atoms. The average molecular weight is 383 g/mol. The normalized spacial score (nSPS) is 15.7. The average Bonchev–Trinajstić information content (AvgIpc) is 3.30. The van der Waals surface area contributed by atoms with Crippen LogP contribution < -0.4 is 5.32 Å². The molecular weight excluding hydrogens is 366 g/mol. The first-order chi connectivity index (χ1) is 14.2. The molecule has 2 heterocycles. The number of para-hydroxylation sites is 1. The van der Waals surface area contributed by atoms with Crippen molar-refractivity contribution in [2.24, 2.45) is 0 Å². The second-order valence-corrected chi connectivity index (χ2v) is 6.86. The molecular formula is C22H17N5O2. The lowest BCUT2D eigenvalue weighted by Crippen LogP contribution is -2.45. The fourth-order valence-electron chi connectivity index (χ4n) is 3.79. The summed E-state index contributed by atoms with van der Waals surface area (Å²) in [6.45, 7) is -0.0212. The molecule has 0 spiro atoms. The summed E-state index contributed by atoms with van der Waals surface area (Å²) >= 11 is 0. The van der Waals surface area contributed by atoms with Crippen LogP contribution in [-0.2, 0) is 17.0 Å². The number of hydrogen-bond donors (Lipinski definition) is 1. The smallest absolute Gasteiger partial charge is 0.315 e. The first kappa shape index (κ1) is 17.1. The van der Waals surface area contributed by atoms with Gasteiger partial charge in [-0.15, -0.1) is 5.10 Å². The minimum absolute atomic E-state index is 0.0212. The molecule has 0 atom stereocenters. The Morgan fingerprint density at radius 1 is 0.793 bits per heavy atom. The van der Waals surface area contributed by atoms with E-state index in [0.29, 0.717) is 16.6 Å². The van der Waals surface area contributed by atoms with Crippen molar-refractivity contribution in [3.63, 3.8) is 0 Å². The molecule has 1 fully saturated rings. The molecule has 1 N–H and O–H groups in total. The number of imide groups is 1. The van der Waals surface area contributed by atoms with Crippen molar-refractivity contribution in [3.8, 4) is 0 Å². The number of nitrogens with one attached hydrogen (secondary N) is 1. The van der Waals surface area contributed by atoms with Gasteiger partial charge in [-0.2, -0.15) is 0 Å². The van der Waals surface area contributed by atoms with Gasteiger partial charge >= 0.3 is 6.03 Å². The maximum atomic E-state index is 13.7. The summed E-state index contributed by atoms with van der Waals surface area (Å²) in [5, 5.41) is 11.2. The molecule has 7 heteroatoms. The summed E-state index contributed by atoms with van der Waals surface area (Å²) in [6, 6.07) is 25.5. The van der Waals surface area contributed by atoms with Gasteiger partial charge in [-0.3, -0.25) is 4.79 Å². The molecule has 1 aromatic heterocycles. The standard InChI is InChI=1S/C22H17N5O2/c28-20-22(16-9-3-1-4-10-16,17-11-5-2-6-12-17)23-21(29)26(20)15-27-19-14-8-7-13-18(19)24-25-27/h1-14H,15H2,(H,23,29). The molecule has 1 aliphatic heterocycles. The fraction of sp³-hybridized carbons (Fsp3) is 0.0909. The van der Waals surface area contributed by atoms with Crippen molar-refractivity contribution < 1.29 is 9.59 Å². The number of urea groups is 1. The van der Waals surface area contributed by atoms with Crippen LogP contribution in [0.15, 0.2) is 84.9 Å². The van der Waals surface area contributed by atoms with Crippen molar-refractivity contribution in [2.75, 3.05) is 0 Å². The van der Waals surface area contributed by atoms with Gasteiger partial charge in [0.15, 0.2) is 5.54 Å². The van der Waals surface area contributed by atoms with Gasteiger partial charge in [0.25, 0.3) is 5.91 Å². The van der Waals surface area contributed by atoms with Crippen LogP contribution in [0.2, 0.25) is 0 Å². The number of hydrogen-bond acceptors (Lipinski definition) is 4. The monoisotopic (exact) mass is 383 g/mol. The molecule has 0 saturated carbocycles. The first-order valence-corrected chi connectivity index (χ1v) is 9.23. The topological polar surface area (TPSA) is 80.1 Å². The van der Waals surface area contributed by atoms with Crippen LogP contribution >= 0.6 is 0 Å². The molecule has 0 aliphatic carbocycles. The fourth-order valence-corrected chi connectivity index (χ4v) is 3.79. The molecule has 1 aliphatic rings. The Labute approximate surface area is 166 Å². The van der Waals surface area contributed by atoms with E-state index in [4.69, 9.17) is 0 Å². The molecule has 1 saturated heterocycles. The largest absolute Gasteiger partial charge is 0.327 e. The van der Waals surface area contributed by atoms with Crippen LogP contribution in [0.3, 0.4) is 0 Å². The zero-order valence-corrected chi connectivity index (χ0v) is 15.4. The number of fused-ring (bicyclic) bond motifs is 1. The van der Waals surface area contributed by atoms with Gasteiger partial charge in [0, 0.05) is 0 Å². The van der Waals surface area contributed by atoms with Crippen LogP contribution in [0.25, 0.3) is 11.0 Å². The third kappa shape index (κ3) is 2.59. The lowest BCUT2D eigenvalue weighted by atomic mass is 9.83. The molecule has 3 aromatic carbocycles. The maximum absolute atomic E-state index is 13.7. The summed E-state index contributed by atoms with van der Waals surface area (Å²) < 4.78 is 1.55. The van der Waals surface area contributed by atoms with Gasteiger partial charge in [-0.1, -0.05) is 78.0 Å². The predicted octanol–water partition coefficient (Wildman–Crippen LogP) is 2.88. The number of carbonyl (C=O) groups excluding carboxylic acids is 2. The quantitative estimate of drug-likeness (QED) is 0.550. The van der Waals surface area contributed by atoms with Gasteiger partial charge in [0.1, 0.15) is 12.2 Å². The summed E-state index contributed by atoms with van der Waals surface area (Å²) in [5.74, 6) is -0.348. The molecule has 0 unspecified atom stereocenters. The second-order valence-electron chi connectivity index (χ2n) is 6.86. The Morgan fingerprint density at radius 3 is 2.03 bits per heavy atom. The van der Waals surface area contributed by atoms with E-state index in [-0.39, 0.29) is 12.6 Å². The predicted molar refractivity (Wildman–Crippen MR) is 107 cm³/mol. The van der Waals surface area contributed by atoms with Crippen LogP contribution in [0.4, 0.5) is 4.79 Å². The van der Waals surface area contributed by atoms with E-state index in [1.165, 1.54) is 4.90 Å².